The van der Waals surface area contributed by atoms with Crippen molar-refractivity contribution >= 4 is 84.2 Å². The minimum absolute atomic E-state index is 0.358. The van der Waals surface area contributed by atoms with Crippen molar-refractivity contribution in [3.63, 3.8) is 0 Å². The Bertz CT molecular complexity index is 3560. The van der Waals surface area contributed by atoms with Gasteiger partial charge in [0.2, 0.25) is 5.88 Å². The van der Waals surface area contributed by atoms with E-state index in [0.29, 0.717) is 57.6 Å². The van der Waals surface area contributed by atoms with Gasteiger partial charge in [0.1, 0.15) is 28.9 Å². The van der Waals surface area contributed by atoms with Crippen molar-refractivity contribution in [2.75, 3.05) is 25.3 Å². The molecule has 0 aliphatic rings. The molecule has 0 fully saturated rings. The third kappa shape index (κ3) is 18.1. The summed E-state index contributed by atoms with van der Waals surface area (Å²) in [6, 6.07) is 54.4. The number of hydrogen-bond donors (Lipinski definition) is 0. The predicted molar refractivity (Wildman–Crippen MR) is 351 cm³/mol. The molecule has 4 heterocycles. The van der Waals surface area contributed by atoms with Gasteiger partial charge in [-0.3, -0.25) is 0 Å². The van der Waals surface area contributed by atoms with Crippen LogP contribution in [0.25, 0.3) is 31.4 Å². The molecule has 0 aliphatic heterocycles. The first kappa shape index (κ1) is 63.5. The number of ether oxygens (including phenoxy) is 2. The van der Waals surface area contributed by atoms with E-state index >= 15 is 0 Å². The molecule has 0 amide bonds. The second kappa shape index (κ2) is 30.9. The molecular weight excluding hydrogens is 1100 g/mol. The molecule has 0 saturated carbocycles. The highest BCUT2D eigenvalue weighted by atomic mass is 35.5. The number of fused-ring (bicyclic) bond motifs is 2. The Morgan fingerprint density at radius 2 is 1.22 bits per heavy atom. The maximum absolute atomic E-state index is 9.08. The van der Waals surface area contributed by atoms with Crippen molar-refractivity contribution < 1.29 is 9.47 Å². The molecule has 0 saturated heterocycles. The first-order valence-corrected chi connectivity index (χ1v) is 30.9. The lowest BCUT2D eigenvalue weighted by atomic mass is 9.95. The Kier molecular flexibility index (Phi) is 24.2. The number of aromatic nitrogens is 3. The minimum atomic E-state index is 0.358. The predicted octanol–water partition coefficient (Wildman–Crippen LogP) is 22.2. The molecule has 81 heavy (non-hydrogen) atoms. The van der Waals surface area contributed by atoms with Gasteiger partial charge in [-0.2, -0.15) is 5.26 Å². The van der Waals surface area contributed by atoms with Crippen molar-refractivity contribution in [1.82, 2.24) is 15.0 Å². The maximum atomic E-state index is 9.08. The number of halogens is 2. The monoisotopic (exact) mass is 1170 g/mol. The molecule has 12 heteroatoms. The second-order valence-corrected chi connectivity index (χ2v) is 24.8. The normalized spacial score (nSPS) is 10.8. The van der Waals surface area contributed by atoms with Crippen molar-refractivity contribution in [3.8, 4) is 39.8 Å². The van der Waals surface area contributed by atoms with Gasteiger partial charge in [0, 0.05) is 63.1 Å². The molecule has 10 aromatic rings. The van der Waals surface area contributed by atoms with Crippen LogP contribution in [0.5, 0.6) is 23.1 Å². The van der Waals surface area contributed by atoms with E-state index in [1.165, 1.54) is 63.4 Å². The average molecular weight is 1170 g/mol. The largest absolute Gasteiger partial charge is 0.456 e. The molecular formula is C69H75Cl2N5O2S3. The summed E-state index contributed by atoms with van der Waals surface area (Å²) in [6.45, 7) is 24.2. The Morgan fingerprint density at radius 3 is 1.79 bits per heavy atom. The van der Waals surface area contributed by atoms with Gasteiger partial charge in [0.05, 0.1) is 15.6 Å². The topological polar surface area (TPSA) is 84.2 Å². The number of rotatable bonds is 12. The first-order chi connectivity index (χ1) is 38.8. The zero-order valence-corrected chi connectivity index (χ0v) is 53.0. The van der Waals surface area contributed by atoms with Crippen LogP contribution >= 0.6 is 57.6 Å². The quantitative estimate of drug-likeness (QED) is 0.0884. The SMILES string of the molecule is CC(C)c1ccc(Oc2cccc(Cl)c2C#N)cc1.CC(C)c1ccc(Oc2ccccn2)cc1.CC(C)c1cccc2c(N(C)C)cccc12.CSc1nccc(-c2ccc(C(C)C)s2)n1.Cc1c(C(C)C)sc2ccc(Cl)cc12. The van der Waals surface area contributed by atoms with Gasteiger partial charge in [-0.05, 0) is 161 Å². The molecule has 0 radical (unpaired) electrons. The highest BCUT2D eigenvalue weighted by Crippen LogP contribution is 2.37. The summed E-state index contributed by atoms with van der Waals surface area (Å²) in [5.74, 6) is 5.41. The summed E-state index contributed by atoms with van der Waals surface area (Å²) in [4.78, 5) is 19.1. The maximum Gasteiger partial charge on any atom is 0.219 e. The van der Waals surface area contributed by atoms with Crippen LogP contribution in [-0.2, 0) is 0 Å². The van der Waals surface area contributed by atoms with Gasteiger partial charge in [-0.25, -0.2) is 15.0 Å². The minimum Gasteiger partial charge on any atom is -0.456 e. The number of nitrogens with zero attached hydrogens (tertiary/aromatic N) is 5. The smallest absolute Gasteiger partial charge is 0.219 e. The average Bonchev–Trinajstić information content (AvgIpc) is 4.16. The van der Waals surface area contributed by atoms with Crippen molar-refractivity contribution in [1.29, 1.82) is 5.26 Å². The Hall–Kier alpha value is -6.71. The fraction of sp³-hybridized carbons (Fsp3) is 0.275. The third-order valence-corrected chi connectivity index (χ3v) is 17.1. The Morgan fingerprint density at radius 1 is 0.580 bits per heavy atom. The van der Waals surface area contributed by atoms with Crippen LogP contribution in [0.15, 0.2) is 175 Å². The Balaban J connectivity index is 0.000000164. The molecule has 0 aliphatic carbocycles. The number of thiophene rings is 2. The van der Waals surface area contributed by atoms with E-state index in [-0.39, 0.29) is 0 Å². The molecule has 0 spiro atoms. The highest BCUT2D eigenvalue weighted by molar-refractivity contribution is 7.98. The van der Waals surface area contributed by atoms with Crippen LogP contribution in [0, 0.1) is 18.3 Å². The molecule has 0 N–H and O–H groups in total. The van der Waals surface area contributed by atoms with Gasteiger partial charge in [-0.1, -0.05) is 171 Å². The summed E-state index contributed by atoms with van der Waals surface area (Å²) in [7, 11) is 4.19. The molecule has 0 atom stereocenters. The van der Waals surface area contributed by atoms with Gasteiger partial charge in [-0.15, -0.1) is 22.7 Å². The third-order valence-electron chi connectivity index (χ3n) is 13.0. The van der Waals surface area contributed by atoms with E-state index < -0.39 is 0 Å². The molecule has 6 aromatic carbocycles. The van der Waals surface area contributed by atoms with Crippen LogP contribution in [-0.4, -0.2) is 35.3 Å². The van der Waals surface area contributed by atoms with Gasteiger partial charge in [0.25, 0.3) is 0 Å². The van der Waals surface area contributed by atoms with Crippen LogP contribution in [0.4, 0.5) is 5.69 Å². The van der Waals surface area contributed by atoms with Gasteiger partial charge in [0.15, 0.2) is 5.16 Å². The molecule has 7 nitrogen and oxygen atoms in total. The number of thioether (sulfide) groups is 1. The van der Waals surface area contributed by atoms with Crippen molar-refractivity contribution in [3.05, 3.63) is 218 Å². The van der Waals surface area contributed by atoms with Crippen molar-refractivity contribution in [2.45, 2.75) is 111 Å². The number of benzene rings is 6. The molecule has 0 bridgehead atoms. The van der Waals surface area contributed by atoms with Gasteiger partial charge < -0.3 is 14.4 Å². The molecule has 0 unspecified atom stereocenters. The van der Waals surface area contributed by atoms with E-state index in [1.54, 1.807) is 36.2 Å². The zero-order chi connectivity index (χ0) is 58.8. The van der Waals surface area contributed by atoms with E-state index in [4.69, 9.17) is 37.9 Å². The number of nitriles is 1. The van der Waals surface area contributed by atoms with E-state index in [9.17, 15) is 0 Å². The first-order valence-electron chi connectivity index (χ1n) is 27.3. The zero-order valence-electron chi connectivity index (χ0n) is 49.1. The van der Waals surface area contributed by atoms with E-state index in [0.717, 1.165) is 21.6 Å². The number of anilines is 1. The van der Waals surface area contributed by atoms with Gasteiger partial charge >= 0.3 is 0 Å². The second-order valence-electron chi connectivity index (χ2n) is 21.0. The van der Waals surface area contributed by atoms with Crippen LogP contribution < -0.4 is 14.4 Å². The van der Waals surface area contributed by atoms with Crippen LogP contribution in [0.1, 0.15) is 136 Å². The lowest BCUT2D eigenvalue weighted by molar-refractivity contribution is 0.462. The molecule has 420 valence electrons. The molecule has 10 rings (SSSR count). The van der Waals surface area contributed by atoms with Crippen LogP contribution in [0.2, 0.25) is 10.0 Å². The fourth-order valence-electron chi connectivity index (χ4n) is 8.55. The summed E-state index contributed by atoms with van der Waals surface area (Å²) < 4.78 is 12.7. The summed E-state index contributed by atoms with van der Waals surface area (Å²) in [6.07, 6.45) is 5.54. The number of hydrogen-bond acceptors (Lipinski definition) is 10. The lowest BCUT2D eigenvalue weighted by Crippen LogP contribution is -2.09. The standard InChI is InChI=1S/C16H14ClNO.C15H19N.C14H15NO.C12H13ClS.C12H14N2S2/c1-11(2)12-6-8-13(9-7-12)19-16-5-3-4-15(17)14(16)10-18;1-11(2)12-7-5-9-14-13(12)8-6-10-15(14)16(3)4;1-11(2)12-6-8-13(9-7-12)16-14-5-3-4-10-15-14;1-7(2)12-8(3)10-6-9(13)4-5-11(10)14-12;1-8(2)10-4-5-11(16-10)9-6-7-13-12(14-9)15-3/h3-9,11H,1-2H3;5-11H,1-4H3;3-11H,1-2H3;4-7H,1-3H3;4-8H,1-3H3. The van der Waals surface area contributed by atoms with Crippen molar-refractivity contribution in [2.24, 2.45) is 0 Å². The number of aryl methyl sites for hydroxylation is 1. The lowest BCUT2D eigenvalue weighted by Gasteiger charge is -2.17. The summed E-state index contributed by atoms with van der Waals surface area (Å²) in [5.41, 5.74) is 8.06. The number of pyridine rings is 1. The summed E-state index contributed by atoms with van der Waals surface area (Å²) >= 11 is 17.2. The van der Waals surface area contributed by atoms with E-state index in [2.05, 4.69) is 189 Å². The van der Waals surface area contributed by atoms with Crippen LogP contribution in [0.3, 0.4) is 0 Å². The Labute approximate surface area is 504 Å². The summed E-state index contributed by atoms with van der Waals surface area (Å²) in [5, 5.41) is 15.2. The fourth-order valence-corrected chi connectivity index (χ4v) is 11.5. The van der Waals surface area contributed by atoms with E-state index in [1.807, 2.05) is 102 Å². The molecule has 4 aromatic heterocycles. The highest BCUT2D eigenvalue weighted by Gasteiger charge is 2.13.